The fourth-order valence-corrected chi connectivity index (χ4v) is 3.73. The fraction of sp³-hybridized carbons (Fsp3) is 0. The predicted octanol–water partition coefficient (Wildman–Crippen LogP) is 5.50. The highest BCUT2D eigenvalue weighted by molar-refractivity contribution is 9.10. The van der Waals surface area contributed by atoms with E-state index >= 15 is 0 Å². The number of hydrogen-bond acceptors (Lipinski definition) is 4. The lowest BCUT2D eigenvalue weighted by atomic mass is 10.3. The number of rotatable bonds is 2. The van der Waals surface area contributed by atoms with Crippen LogP contribution in [0.1, 0.15) is 0 Å². The number of aromatic nitrogens is 2. The van der Waals surface area contributed by atoms with Gasteiger partial charge in [0.1, 0.15) is 11.8 Å². The summed E-state index contributed by atoms with van der Waals surface area (Å²) in [6, 6.07) is 5.28. The van der Waals surface area contributed by atoms with Crippen LogP contribution < -0.4 is 5.32 Å². The molecule has 3 nitrogen and oxygen atoms in total. The van der Waals surface area contributed by atoms with E-state index < -0.39 is 0 Å². The minimum atomic E-state index is 0.577. The first-order chi connectivity index (χ1) is 9.13. The molecule has 3 rings (SSSR count). The molecule has 0 saturated carbocycles. The van der Waals surface area contributed by atoms with Crippen molar-refractivity contribution in [2.45, 2.75) is 0 Å². The fourth-order valence-electron chi connectivity index (χ4n) is 1.67. The van der Waals surface area contributed by atoms with Crippen LogP contribution in [0.15, 0.2) is 34.4 Å². The second kappa shape index (κ2) is 5.25. The molecular weight excluding hydrogens is 369 g/mol. The molecule has 0 atom stereocenters. The lowest BCUT2D eigenvalue weighted by molar-refractivity contribution is 1.22. The van der Waals surface area contributed by atoms with Gasteiger partial charge in [0.15, 0.2) is 5.82 Å². The van der Waals surface area contributed by atoms with E-state index in [-0.39, 0.29) is 0 Å². The van der Waals surface area contributed by atoms with Gasteiger partial charge in [0, 0.05) is 21.1 Å². The Morgan fingerprint density at radius 3 is 2.58 bits per heavy atom. The zero-order chi connectivity index (χ0) is 13.4. The van der Waals surface area contributed by atoms with Crippen LogP contribution in [-0.2, 0) is 0 Å². The molecule has 0 aliphatic heterocycles. The van der Waals surface area contributed by atoms with Gasteiger partial charge in [-0.1, -0.05) is 23.2 Å². The largest absolute Gasteiger partial charge is 0.339 e. The summed E-state index contributed by atoms with van der Waals surface area (Å²) in [5.41, 5.74) is 1.68. The lowest BCUT2D eigenvalue weighted by Crippen LogP contribution is -1.94. The quantitative estimate of drug-likeness (QED) is 0.643. The second-order valence-electron chi connectivity index (χ2n) is 3.77. The Balaban J connectivity index is 2.05. The van der Waals surface area contributed by atoms with E-state index in [0.717, 1.165) is 26.2 Å². The molecule has 0 fully saturated rings. The highest BCUT2D eigenvalue weighted by atomic mass is 79.9. The number of nitrogens with one attached hydrogen (secondary N) is 1. The van der Waals surface area contributed by atoms with Gasteiger partial charge in [0.2, 0.25) is 0 Å². The standard InChI is InChI=1S/C12H6BrCl2N3S/c13-9-4-19-11-10(9)16-5-17-12(11)18-8-2-6(14)1-7(15)3-8/h1-5H,(H,16,17,18). The van der Waals surface area contributed by atoms with Crippen molar-refractivity contribution in [3.05, 3.63) is 44.4 Å². The van der Waals surface area contributed by atoms with Crippen LogP contribution in [-0.4, -0.2) is 9.97 Å². The Hall–Kier alpha value is -0.880. The van der Waals surface area contributed by atoms with Crippen molar-refractivity contribution in [3.63, 3.8) is 0 Å². The molecule has 2 heterocycles. The number of nitrogens with zero attached hydrogens (tertiary/aromatic N) is 2. The van der Waals surface area contributed by atoms with Crippen molar-refractivity contribution >= 4 is 72.2 Å². The van der Waals surface area contributed by atoms with E-state index in [1.807, 2.05) is 5.38 Å². The van der Waals surface area contributed by atoms with Crippen LogP contribution in [0.4, 0.5) is 11.5 Å². The van der Waals surface area contributed by atoms with Crippen LogP contribution in [0.3, 0.4) is 0 Å². The van der Waals surface area contributed by atoms with Crippen LogP contribution in [0.5, 0.6) is 0 Å². The number of halogens is 3. The minimum absolute atomic E-state index is 0.577. The van der Waals surface area contributed by atoms with Gasteiger partial charge in [-0.3, -0.25) is 0 Å². The number of fused-ring (bicyclic) bond motifs is 1. The van der Waals surface area contributed by atoms with E-state index in [1.165, 1.54) is 6.33 Å². The number of hydrogen-bond donors (Lipinski definition) is 1. The van der Waals surface area contributed by atoms with E-state index in [4.69, 9.17) is 23.2 Å². The van der Waals surface area contributed by atoms with Crippen molar-refractivity contribution < 1.29 is 0 Å². The first-order valence-corrected chi connectivity index (χ1v) is 7.67. The maximum absolute atomic E-state index is 5.98. The SMILES string of the molecule is Clc1cc(Cl)cc(Nc2ncnc3c(Br)csc23)c1. The molecule has 0 radical (unpaired) electrons. The van der Waals surface area contributed by atoms with Gasteiger partial charge < -0.3 is 5.32 Å². The molecule has 19 heavy (non-hydrogen) atoms. The average Bonchev–Trinajstić information content (AvgIpc) is 2.71. The van der Waals surface area contributed by atoms with E-state index in [1.54, 1.807) is 29.5 Å². The zero-order valence-corrected chi connectivity index (χ0v) is 13.2. The summed E-state index contributed by atoms with van der Waals surface area (Å²) >= 11 is 17.0. The van der Waals surface area contributed by atoms with Gasteiger partial charge >= 0.3 is 0 Å². The van der Waals surface area contributed by atoms with Gasteiger partial charge in [0.25, 0.3) is 0 Å². The maximum Gasteiger partial charge on any atom is 0.151 e. The first-order valence-electron chi connectivity index (χ1n) is 5.24. The Labute approximate surface area is 131 Å². The molecule has 0 spiro atoms. The molecule has 0 aliphatic carbocycles. The molecule has 0 saturated heterocycles. The molecule has 2 aromatic heterocycles. The summed E-state index contributed by atoms with van der Waals surface area (Å²) in [5.74, 6) is 0.735. The van der Waals surface area contributed by atoms with Crippen LogP contribution in [0.2, 0.25) is 10.0 Å². The monoisotopic (exact) mass is 373 g/mol. The summed E-state index contributed by atoms with van der Waals surface area (Å²) < 4.78 is 1.94. The van der Waals surface area contributed by atoms with E-state index in [9.17, 15) is 0 Å². The summed E-state index contributed by atoms with van der Waals surface area (Å²) in [6.45, 7) is 0. The molecule has 96 valence electrons. The molecular formula is C12H6BrCl2N3S. The van der Waals surface area contributed by atoms with Crippen LogP contribution in [0.25, 0.3) is 10.2 Å². The average molecular weight is 375 g/mol. The van der Waals surface area contributed by atoms with Crippen molar-refractivity contribution in [2.24, 2.45) is 0 Å². The molecule has 0 unspecified atom stereocenters. The van der Waals surface area contributed by atoms with Crippen LogP contribution >= 0.6 is 50.5 Å². The van der Waals surface area contributed by atoms with E-state index in [2.05, 4.69) is 31.2 Å². The zero-order valence-electron chi connectivity index (χ0n) is 9.32. The molecule has 0 bridgehead atoms. The molecule has 1 N–H and O–H groups in total. The topological polar surface area (TPSA) is 37.8 Å². The maximum atomic E-state index is 5.98. The number of anilines is 2. The Bertz CT molecular complexity index is 740. The third kappa shape index (κ3) is 2.69. The minimum Gasteiger partial charge on any atom is -0.339 e. The van der Waals surface area contributed by atoms with Crippen molar-refractivity contribution in [3.8, 4) is 0 Å². The summed E-state index contributed by atoms with van der Waals surface area (Å²) in [7, 11) is 0. The Morgan fingerprint density at radius 1 is 1.11 bits per heavy atom. The smallest absolute Gasteiger partial charge is 0.151 e. The third-order valence-corrected chi connectivity index (χ3v) is 4.76. The summed E-state index contributed by atoms with van der Waals surface area (Å²) in [5, 5.41) is 6.35. The number of benzene rings is 1. The van der Waals surface area contributed by atoms with Crippen molar-refractivity contribution in [2.75, 3.05) is 5.32 Å². The van der Waals surface area contributed by atoms with Crippen molar-refractivity contribution in [1.29, 1.82) is 0 Å². The summed E-state index contributed by atoms with van der Waals surface area (Å²) in [4.78, 5) is 8.49. The lowest BCUT2D eigenvalue weighted by Gasteiger charge is -2.07. The number of thiophene rings is 1. The van der Waals surface area contributed by atoms with Gasteiger partial charge in [-0.2, -0.15) is 0 Å². The van der Waals surface area contributed by atoms with Crippen LogP contribution in [0, 0.1) is 0 Å². The van der Waals surface area contributed by atoms with Gasteiger partial charge in [-0.05, 0) is 34.1 Å². The third-order valence-electron chi connectivity index (χ3n) is 2.44. The highest BCUT2D eigenvalue weighted by Crippen LogP contribution is 2.34. The first kappa shape index (κ1) is 13.1. The molecule has 0 amide bonds. The van der Waals surface area contributed by atoms with E-state index in [0.29, 0.717) is 10.0 Å². The Kier molecular flexibility index (Phi) is 3.62. The molecule has 0 aliphatic rings. The summed E-state index contributed by atoms with van der Waals surface area (Å²) in [6.07, 6.45) is 1.52. The molecule has 1 aromatic carbocycles. The van der Waals surface area contributed by atoms with Crippen molar-refractivity contribution in [1.82, 2.24) is 9.97 Å². The normalized spacial score (nSPS) is 10.9. The predicted molar refractivity (Wildman–Crippen MR) is 84.9 cm³/mol. The van der Waals surface area contributed by atoms with Gasteiger partial charge in [-0.15, -0.1) is 11.3 Å². The second-order valence-corrected chi connectivity index (χ2v) is 6.37. The Morgan fingerprint density at radius 2 is 1.84 bits per heavy atom. The van der Waals surface area contributed by atoms with Gasteiger partial charge in [-0.25, -0.2) is 9.97 Å². The molecule has 7 heteroatoms. The van der Waals surface area contributed by atoms with Gasteiger partial charge in [0.05, 0.1) is 9.17 Å². The molecule has 3 aromatic rings. The highest BCUT2D eigenvalue weighted by Gasteiger charge is 2.09.